The minimum absolute atomic E-state index is 0.0289. The summed E-state index contributed by atoms with van der Waals surface area (Å²) in [5.74, 6) is -0.831. The Kier molecular flexibility index (Phi) is 16.6. The second-order valence-electron chi connectivity index (χ2n) is 16.3. The molecule has 0 saturated carbocycles. The van der Waals surface area contributed by atoms with Gasteiger partial charge < -0.3 is 23.4 Å². The first kappa shape index (κ1) is 43.9. The van der Waals surface area contributed by atoms with E-state index in [1.807, 2.05) is 85.8 Å². The molecule has 7 heteroatoms. The van der Waals surface area contributed by atoms with Crippen molar-refractivity contribution in [2.75, 3.05) is 20.3 Å². The van der Waals surface area contributed by atoms with E-state index in [-0.39, 0.29) is 35.4 Å². The zero-order valence-corrected chi connectivity index (χ0v) is 35.9. The number of carbonyl (C=O) groups excluding carboxylic acids is 1. The maximum Gasteiger partial charge on any atom is 0.261 e. The summed E-state index contributed by atoms with van der Waals surface area (Å²) in [6, 6.07) is 51.5. The molecule has 0 amide bonds. The van der Waals surface area contributed by atoms with E-state index in [2.05, 4.69) is 107 Å². The number of hydrogen-bond acceptors (Lipinski definition) is 6. The zero-order valence-electron chi connectivity index (χ0n) is 34.9. The molecule has 0 N–H and O–H groups in total. The van der Waals surface area contributed by atoms with Crippen molar-refractivity contribution in [2.45, 2.75) is 84.7 Å². The first-order valence-electron chi connectivity index (χ1n) is 20.3. The summed E-state index contributed by atoms with van der Waals surface area (Å²) in [6.45, 7) is 14.9. The lowest BCUT2D eigenvalue weighted by molar-refractivity contribution is -0.161. The molecule has 5 aromatic carbocycles. The van der Waals surface area contributed by atoms with Crippen LogP contribution in [0, 0.1) is 17.8 Å². The highest BCUT2D eigenvalue weighted by Crippen LogP contribution is 2.37. The van der Waals surface area contributed by atoms with Crippen LogP contribution in [0.3, 0.4) is 0 Å². The van der Waals surface area contributed by atoms with Gasteiger partial charge in [0.15, 0.2) is 5.78 Å². The van der Waals surface area contributed by atoms with E-state index in [0.717, 1.165) is 16.7 Å². The van der Waals surface area contributed by atoms with Gasteiger partial charge in [-0.1, -0.05) is 193 Å². The van der Waals surface area contributed by atoms with Gasteiger partial charge in [-0.25, -0.2) is 0 Å². The van der Waals surface area contributed by atoms with Crippen molar-refractivity contribution >= 4 is 24.5 Å². The lowest BCUT2D eigenvalue weighted by Gasteiger charge is -2.43. The minimum Gasteiger partial charge on any atom is -0.407 e. The molecule has 0 aliphatic carbocycles. The maximum atomic E-state index is 14.8. The van der Waals surface area contributed by atoms with Crippen LogP contribution in [-0.2, 0) is 48.0 Å². The average Bonchev–Trinajstić information content (AvgIpc) is 3.23. The minimum atomic E-state index is -2.88. The monoisotopic (exact) mass is 786 g/mol. The van der Waals surface area contributed by atoms with Crippen molar-refractivity contribution < 1.29 is 28.2 Å². The maximum absolute atomic E-state index is 14.8. The molecule has 302 valence electrons. The number of benzene rings is 5. The molecule has 5 rings (SSSR count). The van der Waals surface area contributed by atoms with E-state index in [9.17, 15) is 4.79 Å². The number of methoxy groups -OCH3 is 1. The molecule has 6 nitrogen and oxygen atoms in total. The molecule has 0 aliphatic rings. The highest BCUT2D eigenvalue weighted by atomic mass is 28.4. The van der Waals surface area contributed by atoms with Crippen molar-refractivity contribution in [3.63, 3.8) is 0 Å². The molecule has 0 saturated heterocycles. The summed E-state index contributed by atoms with van der Waals surface area (Å²) < 4.78 is 33.3. The number of rotatable bonds is 22. The molecule has 0 aliphatic heterocycles. The zero-order chi connectivity index (χ0) is 40.7. The second-order valence-corrected chi connectivity index (χ2v) is 20.6. The summed E-state index contributed by atoms with van der Waals surface area (Å²) in [7, 11) is -1.28. The largest absolute Gasteiger partial charge is 0.407 e. The third-order valence-corrected chi connectivity index (χ3v) is 16.0. The standard InChI is InChI=1S/C50H62O6Si/c1-38(34-56-57(50(4,5)6,44-29-19-11-20-30-44)45-31-21-12-22-32-45)46(51)49(52-7)48(55-37-43-27-17-10-18-28-43)40(3)47(54-36-42-25-15-9-16-26-42)39(2)33-53-35-41-23-13-8-14-24-41/h8-32,38-40,47-49H,33-37H2,1-7H3/t38-,39+,40-,47+,48+,49+/m1/s1. The third-order valence-electron chi connectivity index (χ3n) is 10.9. The fourth-order valence-corrected chi connectivity index (χ4v) is 12.5. The van der Waals surface area contributed by atoms with Gasteiger partial charge in [-0.05, 0) is 32.1 Å². The van der Waals surface area contributed by atoms with Crippen LogP contribution in [0.4, 0.5) is 0 Å². The van der Waals surface area contributed by atoms with Crippen LogP contribution in [0.15, 0.2) is 152 Å². The van der Waals surface area contributed by atoms with Gasteiger partial charge >= 0.3 is 0 Å². The highest BCUT2D eigenvalue weighted by molar-refractivity contribution is 6.99. The molecule has 0 bridgehead atoms. The van der Waals surface area contributed by atoms with E-state index in [1.165, 1.54) is 10.4 Å². The van der Waals surface area contributed by atoms with Crippen LogP contribution < -0.4 is 10.4 Å². The van der Waals surface area contributed by atoms with Crippen LogP contribution in [-0.4, -0.2) is 52.7 Å². The summed E-state index contributed by atoms with van der Waals surface area (Å²) in [5.41, 5.74) is 3.20. The predicted octanol–water partition coefficient (Wildman–Crippen LogP) is 9.44. The topological polar surface area (TPSA) is 63.2 Å². The van der Waals surface area contributed by atoms with E-state index in [1.54, 1.807) is 7.11 Å². The Morgan fingerprint density at radius 3 is 1.39 bits per heavy atom. The van der Waals surface area contributed by atoms with Gasteiger partial charge in [0.1, 0.15) is 6.10 Å². The van der Waals surface area contributed by atoms with Crippen molar-refractivity contribution in [3.05, 3.63) is 168 Å². The summed E-state index contributed by atoms with van der Waals surface area (Å²) in [6.07, 6.45) is -1.83. The van der Waals surface area contributed by atoms with Crippen LogP contribution in [0.25, 0.3) is 0 Å². The van der Waals surface area contributed by atoms with E-state index in [0.29, 0.717) is 26.4 Å². The smallest absolute Gasteiger partial charge is 0.261 e. The fraction of sp³-hybridized carbons (Fsp3) is 0.380. The Hall–Kier alpha value is -4.21. The lowest BCUT2D eigenvalue weighted by Crippen LogP contribution is -2.67. The fourth-order valence-electron chi connectivity index (χ4n) is 7.89. The number of Topliss-reactive ketones (excluding diaryl/α,β-unsaturated/α-hetero) is 1. The number of ether oxygens (including phenoxy) is 4. The van der Waals surface area contributed by atoms with Gasteiger partial charge in [0.2, 0.25) is 0 Å². The van der Waals surface area contributed by atoms with Gasteiger partial charge in [-0.2, -0.15) is 0 Å². The molecule has 0 aromatic heterocycles. The Labute approximate surface area is 342 Å². The van der Waals surface area contributed by atoms with Crippen molar-refractivity contribution in [3.8, 4) is 0 Å². The first-order valence-corrected chi connectivity index (χ1v) is 22.2. The molecule has 6 atom stereocenters. The Morgan fingerprint density at radius 2 is 0.965 bits per heavy atom. The van der Waals surface area contributed by atoms with Gasteiger partial charge in [-0.15, -0.1) is 0 Å². The van der Waals surface area contributed by atoms with E-state index >= 15 is 0 Å². The summed E-state index contributed by atoms with van der Waals surface area (Å²) in [5, 5.41) is 2.12. The highest BCUT2D eigenvalue weighted by Gasteiger charge is 2.51. The van der Waals surface area contributed by atoms with Gasteiger partial charge in [0.05, 0.1) is 38.6 Å². The Balaban J connectivity index is 1.43. The van der Waals surface area contributed by atoms with Gasteiger partial charge in [0.25, 0.3) is 8.32 Å². The van der Waals surface area contributed by atoms with E-state index in [4.69, 9.17) is 23.4 Å². The van der Waals surface area contributed by atoms with Crippen molar-refractivity contribution in [2.24, 2.45) is 17.8 Å². The Morgan fingerprint density at radius 1 is 0.561 bits per heavy atom. The summed E-state index contributed by atoms with van der Waals surface area (Å²) >= 11 is 0. The SMILES string of the molecule is CO[C@@H](C(=O)[C@H](C)CO[Si](c1ccccc1)(c1ccccc1)C(C)(C)C)[C@@H](OCc1ccccc1)[C@H](C)[C@@H](OCc1ccccc1)[C@@H](C)COCc1ccccc1. The number of ketones is 1. The van der Waals surface area contributed by atoms with Crippen molar-refractivity contribution in [1.82, 2.24) is 0 Å². The van der Waals surface area contributed by atoms with Crippen molar-refractivity contribution in [1.29, 1.82) is 0 Å². The normalized spacial score (nSPS) is 15.3. The Bertz CT molecular complexity index is 1830. The molecule has 5 aromatic rings. The molecular formula is C50H62O6Si. The number of carbonyl (C=O) groups is 1. The molecular weight excluding hydrogens is 725 g/mol. The number of hydrogen-bond donors (Lipinski definition) is 0. The molecule has 0 fully saturated rings. The molecule has 0 heterocycles. The summed E-state index contributed by atoms with van der Waals surface area (Å²) in [4.78, 5) is 14.8. The average molecular weight is 787 g/mol. The predicted molar refractivity (Wildman–Crippen MR) is 233 cm³/mol. The van der Waals surface area contributed by atoms with Crippen LogP contribution >= 0.6 is 0 Å². The molecule has 0 unspecified atom stereocenters. The second kappa shape index (κ2) is 21.5. The van der Waals surface area contributed by atoms with Crippen LogP contribution in [0.1, 0.15) is 58.2 Å². The molecule has 0 spiro atoms. The molecule has 57 heavy (non-hydrogen) atoms. The van der Waals surface area contributed by atoms with Gasteiger partial charge in [-0.3, -0.25) is 4.79 Å². The lowest BCUT2D eigenvalue weighted by atomic mass is 9.84. The van der Waals surface area contributed by atoms with Gasteiger partial charge in [0, 0.05) is 31.5 Å². The third kappa shape index (κ3) is 11.7. The van der Waals surface area contributed by atoms with Crippen LogP contribution in [0.2, 0.25) is 5.04 Å². The van der Waals surface area contributed by atoms with Crippen LogP contribution in [0.5, 0.6) is 0 Å². The first-order chi connectivity index (χ1) is 27.5. The quantitative estimate of drug-likeness (QED) is 0.0652. The van der Waals surface area contributed by atoms with E-state index < -0.39 is 26.4 Å². The molecule has 0 radical (unpaired) electrons.